The fraction of sp³-hybridized carbons (Fsp3) is 0.304. The Morgan fingerprint density at radius 2 is 1.60 bits per heavy atom. The van der Waals surface area contributed by atoms with Gasteiger partial charge in [0.25, 0.3) is 0 Å². The van der Waals surface area contributed by atoms with E-state index in [1.807, 2.05) is 30.3 Å². The number of halogens is 1. The number of thiophene rings is 2. The van der Waals surface area contributed by atoms with Crippen LogP contribution in [0.15, 0.2) is 58.4 Å². The third-order valence-electron chi connectivity index (χ3n) is 5.43. The van der Waals surface area contributed by atoms with Crippen LogP contribution in [-0.2, 0) is 22.7 Å². The molecule has 1 aliphatic carbocycles. The number of hydrogen-bond donors (Lipinski definition) is 2. The van der Waals surface area contributed by atoms with Crippen LogP contribution in [-0.4, -0.2) is 11.8 Å². The van der Waals surface area contributed by atoms with Gasteiger partial charge in [-0.1, -0.05) is 40.5 Å². The number of carbonyl (C=O) groups excluding carboxylic acids is 2. The normalized spacial score (nSPS) is 18.3. The van der Waals surface area contributed by atoms with Gasteiger partial charge in [-0.3, -0.25) is 9.59 Å². The predicted octanol–water partition coefficient (Wildman–Crippen LogP) is 5.59. The van der Waals surface area contributed by atoms with Crippen molar-refractivity contribution >= 4 is 50.4 Å². The lowest BCUT2D eigenvalue weighted by Gasteiger charge is -2.18. The van der Waals surface area contributed by atoms with Gasteiger partial charge in [0.05, 0.1) is 6.54 Å². The van der Waals surface area contributed by atoms with Gasteiger partial charge in [-0.25, -0.2) is 0 Å². The molecule has 1 aromatic carbocycles. The maximum Gasteiger partial charge on any atom is 0.224 e. The molecule has 2 atom stereocenters. The first-order chi connectivity index (χ1) is 14.6. The Labute approximate surface area is 192 Å². The second-order valence-corrected chi connectivity index (χ2v) is 10.5. The minimum Gasteiger partial charge on any atom is -0.352 e. The minimum absolute atomic E-state index is 0.0117. The lowest BCUT2D eigenvalue weighted by atomic mass is 9.94. The average molecular weight is 503 g/mol. The van der Waals surface area contributed by atoms with Crippen LogP contribution in [0.5, 0.6) is 0 Å². The number of amides is 2. The van der Waals surface area contributed by atoms with Crippen LogP contribution >= 0.6 is 38.6 Å². The lowest BCUT2D eigenvalue weighted by molar-refractivity contribution is -0.133. The molecule has 7 heteroatoms. The Kier molecular flexibility index (Phi) is 7.02. The maximum absolute atomic E-state index is 12.8. The summed E-state index contributed by atoms with van der Waals surface area (Å²) in [7, 11) is 0. The predicted molar refractivity (Wildman–Crippen MR) is 126 cm³/mol. The highest BCUT2D eigenvalue weighted by atomic mass is 79.9. The minimum atomic E-state index is -0.245. The summed E-state index contributed by atoms with van der Waals surface area (Å²) in [6.07, 6.45) is 2.45. The molecule has 4 rings (SSSR count). The zero-order valence-electron chi connectivity index (χ0n) is 16.4. The van der Waals surface area contributed by atoms with E-state index in [0.29, 0.717) is 13.1 Å². The van der Waals surface area contributed by atoms with Gasteiger partial charge in [0, 0.05) is 37.5 Å². The Bertz CT molecular complexity index is 999. The second-order valence-electron chi connectivity index (χ2n) is 7.45. The smallest absolute Gasteiger partial charge is 0.224 e. The first kappa shape index (κ1) is 21.3. The zero-order chi connectivity index (χ0) is 20.9. The topological polar surface area (TPSA) is 58.2 Å². The van der Waals surface area contributed by atoms with E-state index in [9.17, 15) is 9.59 Å². The van der Waals surface area contributed by atoms with Crippen molar-refractivity contribution in [3.8, 4) is 9.75 Å². The molecule has 2 amide bonds. The van der Waals surface area contributed by atoms with E-state index in [1.54, 1.807) is 22.7 Å². The molecule has 30 heavy (non-hydrogen) atoms. The fourth-order valence-corrected chi connectivity index (χ4v) is 5.89. The standard InChI is InChI=1S/C23H23BrN2O2S2/c24-16-8-6-15(7-9-16)13-25-22(27)18-3-1-4-19(18)23(28)26-14-17-10-11-21(30-17)20-5-2-12-29-20/h2,5-12,18-19H,1,3-4,13-14H2,(H,25,27)(H,26,28). The summed E-state index contributed by atoms with van der Waals surface area (Å²) in [4.78, 5) is 29.1. The maximum atomic E-state index is 12.8. The van der Waals surface area contributed by atoms with Crippen LogP contribution in [0.1, 0.15) is 29.7 Å². The summed E-state index contributed by atoms with van der Waals surface area (Å²) >= 11 is 6.83. The summed E-state index contributed by atoms with van der Waals surface area (Å²) in [6.45, 7) is 0.996. The molecule has 4 nitrogen and oxygen atoms in total. The van der Waals surface area contributed by atoms with Crippen molar-refractivity contribution in [3.05, 3.63) is 68.8 Å². The molecule has 3 aromatic rings. The molecule has 0 saturated heterocycles. The van der Waals surface area contributed by atoms with Crippen LogP contribution < -0.4 is 10.6 Å². The van der Waals surface area contributed by atoms with Crippen LogP contribution in [0.2, 0.25) is 0 Å². The van der Waals surface area contributed by atoms with Crippen LogP contribution in [0.4, 0.5) is 0 Å². The highest BCUT2D eigenvalue weighted by Gasteiger charge is 2.37. The van der Waals surface area contributed by atoms with Gasteiger partial charge >= 0.3 is 0 Å². The average Bonchev–Trinajstić information content (AvgIpc) is 3.52. The Morgan fingerprint density at radius 1 is 0.900 bits per heavy atom. The second kappa shape index (κ2) is 9.90. The number of rotatable bonds is 7. The summed E-state index contributed by atoms with van der Waals surface area (Å²) in [5.41, 5.74) is 1.05. The van der Waals surface area contributed by atoms with Crippen LogP contribution in [0.25, 0.3) is 9.75 Å². The molecule has 0 bridgehead atoms. The SMILES string of the molecule is O=C(NCc1ccc(Br)cc1)C1CCCC1C(=O)NCc1ccc(-c2cccs2)s1. The highest BCUT2D eigenvalue weighted by Crippen LogP contribution is 2.33. The van der Waals surface area contributed by atoms with E-state index in [0.717, 1.165) is 34.2 Å². The first-order valence-corrected chi connectivity index (χ1v) is 12.5. The summed E-state index contributed by atoms with van der Waals surface area (Å²) < 4.78 is 1.01. The van der Waals surface area contributed by atoms with Crippen molar-refractivity contribution in [1.29, 1.82) is 0 Å². The van der Waals surface area contributed by atoms with Gasteiger partial charge < -0.3 is 10.6 Å². The molecule has 1 fully saturated rings. The van der Waals surface area contributed by atoms with E-state index < -0.39 is 0 Å². The van der Waals surface area contributed by atoms with Gasteiger partial charge in [0.15, 0.2) is 0 Å². The van der Waals surface area contributed by atoms with Gasteiger partial charge in [0.1, 0.15) is 0 Å². The molecule has 2 aromatic heterocycles. The molecule has 2 unspecified atom stereocenters. The molecule has 2 heterocycles. The quantitative estimate of drug-likeness (QED) is 0.442. The van der Waals surface area contributed by atoms with Crippen molar-refractivity contribution in [2.75, 3.05) is 0 Å². The summed E-state index contributed by atoms with van der Waals surface area (Å²) in [5, 5.41) is 8.13. The van der Waals surface area contributed by atoms with Crippen molar-refractivity contribution in [3.63, 3.8) is 0 Å². The molecule has 2 N–H and O–H groups in total. The molecule has 1 aliphatic rings. The highest BCUT2D eigenvalue weighted by molar-refractivity contribution is 9.10. The number of carbonyl (C=O) groups is 2. The molecule has 0 spiro atoms. The van der Waals surface area contributed by atoms with Crippen molar-refractivity contribution in [1.82, 2.24) is 10.6 Å². The molecular weight excluding hydrogens is 480 g/mol. The van der Waals surface area contributed by atoms with E-state index in [4.69, 9.17) is 0 Å². The number of benzene rings is 1. The molecule has 156 valence electrons. The number of nitrogens with one attached hydrogen (secondary N) is 2. The lowest BCUT2D eigenvalue weighted by Crippen LogP contribution is -2.39. The molecule has 1 saturated carbocycles. The van der Waals surface area contributed by atoms with Crippen molar-refractivity contribution in [2.24, 2.45) is 11.8 Å². The molecule has 0 aliphatic heterocycles. The van der Waals surface area contributed by atoms with Crippen LogP contribution in [0.3, 0.4) is 0 Å². The van der Waals surface area contributed by atoms with E-state index in [1.165, 1.54) is 9.75 Å². The van der Waals surface area contributed by atoms with Gasteiger partial charge in [-0.2, -0.15) is 0 Å². The van der Waals surface area contributed by atoms with Gasteiger partial charge in [0.2, 0.25) is 11.8 Å². The molecular formula is C23H23BrN2O2S2. The largest absolute Gasteiger partial charge is 0.352 e. The van der Waals surface area contributed by atoms with Crippen molar-refractivity contribution < 1.29 is 9.59 Å². The Balaban J connectivity index is 1.29. The van der Waals surface area contributed by atoms with Gasteiger partial charge in [-0.05, 0) is 54.1 Å². The van der Waals surface area contributed by atoms with Crippen molar-refractivity contribution in [2.45, 2.75) is 32.4 Å². The summed E-state index contributed by atoms with van der Waals surface area (Å²) in [6, 6.07) is 16.2. The summed E-state index contributed by atoms with van der Waals surface area (Å²) in [5.74, 6) is -0.522. The third-order valence-corrected chi connectivity index (χ3v) is 8.11. The van der Waals surface area contributed by atoms with Gasteiger partial charge in [-0.15, -0.1) is 22.7 Å². The third kappa shape index (κ3) is 5.20. The fourth-order valence-electron chi connectivity index (χ4n) is 3.84. The zero-order valence-corrected chi connectivity index (χ0v) is 19.6. The van der Waals surface area contributed by atoms with E-state index in [2.05, 4.69) is 50.1 Å². The Hall–Kier alpha value is -1.96. The monoisotopic (exact) mass is 502 g/mol. The van der Waals surface area contributed by atoms with Crippen LogP contribution in [0, 0.1) is 11.8 Å². The Morgan fingerprint density at radius 3 is 2.27 bits per heavy atom. The molecule has 0 radical (unpaired) electrons. The van der Waals surface area contributed by atoms with E-state index >= 15 is 0 Å². The number of hydrogen-bond acceptors (Lipinski definition) is 4. The first-order valence-electron chi connectivity index (χ1n) is 10.0. The van der Waals surface area contributed by atoms with E-state index in [-0.39, 0.29) is 23.7 Å².